The van der Waals surface area contributed by atoms with Crippen LogP contribution in [0, 0.1) is 0 Å². The Morgan fingerprint density at radius 2 is 1.62 bits per heavy atom. The number of nitrogens with zero attached hydrogens (tertiary/aromatic N) is 1. The van der Waals surface area contributed by atoms with E-state index < -0.39 is 17.9 Å². The van der Waals surface area contributed by atoms with Gasteiger partial charge in [0, 0.05) is 10.2 Å². The number of amides is 3. The highest BCUT2D eigenvalue weighted by molar-refractivity contribution is 9.10. The van der Waals surface area contributed by atoms with Gasteiger partial charge < -0.3 is 5.32 Å². The lowest BCUT2D eigenvalue weighted by Gasteiger charge is -2.25. The number of nitrogens with one attached hydrogen (secondary N) is 1. The predicted molar refractivity (Wildman–Crippen MR) is 103 cm³/mol. The molecule has 0 fully saturated rings. The predicted octanol–water partition coefficient (Wildman–Crippen LogP) is 4.24. The van der Waals surface area contributed by atoms with Crippen LogP contribution >= 0.6 is 15.9 Å². The van der Waals surface area contributed by atoms with Gasteiger partial charge in [0.1, 0.15) is 6.04 Å². The molecule has 0 saturated heterocycles. The minimum Gasteiger partial charge on any atom is -0.324 e. The molecular weight excluding hydrogens is 396 g/mol. The largest absolute Gasteiger partial charge is 0.324 e. The summed E-state index contributed by atoms with van der Waals surface area (Å²) in [7, 11) is 0. The number of anilines is 1. The molecule has 0 bridgehead atoms. The second-order valence-corrected chi connectivity index (χ2v) is 7.10. The molecule has 0 aliphatic carbocycles. The molecular formula is C20H19BrN2O3. The van der Waals surface area contributed by atoms with E-state index in [2.05, 4.69) is 21.2 Å². The molecule has 1 N–H and O–H groups in total. The van der Waals surface area contributed by atoms with Gasteiger partial charge in [0.05, 0.1) is 11.1 Å². The van der Waals surface area contributed by atoms with E-state index in [-0.39, 0.29) is 5.91 Å². The van der Waals surface area contributed by atoms with Crippen LogP contribution in [0.2, 0.25) is 0 Å². The van der Waals surface area contributed by atoms with Crippen LogP contribution < -0.4 is 5.32 Å². The van der Waals surface area contributed by atoms with Crippen molar-refractivity contribution in [3.05, 3.63) is 64.1 Å². The minimum atomic E-state index is -0.828. The van der Waals surface area contributed by atoms with Crippen molar-refractivity contribution >= 4 is 39.3 Å². The summed E-state index contributed by atoms with van der Waals surface area (Å²) in [5, 5.41) is 2.82. The lowest BCUT2D eigenvalue weighted by molar-refractivity contribution is -0.120. The summed E-state index contributed by atoms with van der Waals surface area (Å²) in [6.07, 6.45) is 2.04. The molecule has 1 aliphatic heterocycles. The molecule has 1 heterocycles. The zero-order valence-electron chi connectivity index (χ0n) is 14.4. The summed E-state index contributed by atoms with van der Waals surface area (Å²) in [4.78, 5) is 39.4. The van der Waals surface area contributed by atoms with E-state index >= 15 is 0 Å². The van der Waals surface area contributed by atoms with Gasteiger partial charge in [-0.1, -0.05) is 47.8 Å². The molecule has 1 atom stereocenters. The summed E-state index contributed by atoms with van der Waals surface area (Å²) in [5.74, 6) is -1.16. The molecule has 3 amide bonds. The SMILES string of the molecule is CCCC[C@@H](C(=O)Nc1ccc(Br)cc1)N1C(=O)c2ccccc2C1=O. The van der Waals surface area contributed by atoms with Gasteiger partial charge in [-0.15, -0.1) is 0 Å². The van der Waals surface area contributed by atoms with Crippen molar-refractivity contribution in [3.8, 4) is 0 Å². The summed E-state index contributed by atoms with van der Waals surface area (Å²) in [5.41, 5.74) is 1.34. The topological polar surface area (TPSA) is 66.5 Å². The molecule has 5 nitrogen and oxygen atoms in total. The number of hydrogen-bond donors (Lipinski definition) is 1. The zero-order chi connectivity index (χ0) is 18.7. The Kier molecular flexibility index (Phi) is 5.52. The van der Waals surface area contributed by atoms with Gasteiger partial charge in [0.15, 0.2) is 0 Å². The first-order valence-electron chi connectivity index (χ1n) is 8.56. The maximum Gasteiger partial charge on any atom is 0.262 e. The van der Waals surface area contributed by atoms with Crippen LogP contribution in [-0.4, -0.2) is 28.7 Å². The average Bonchev–Trinajstić information content (AvgIpc) is 2.89. The number of halogens is 1. The van der Waals surface area contributed by atoms with Gasteiger partial charge >= 0.3 is 0 Å². The van der Waals surface area contributed by atoms with Gasteiger partial charge in [0.25, 0.3) is 11.8 Å². The first kappa shape index (κ1) is 18.3. The van der Waals surface area contributed by atoms with Crippen LogP contribution in [-0.2, 0) is 4.79 Å². The molecule has 134 valence electrons. The molecule has 6 heteroatoms. The van der Waals surface area contributed by atoms with E-state index in [1.54, 1.807) is 36.4 Å². The molecule has 0 saturated carbocycles. The van der Waals surface area contributed by atoms with Gasteiger partial charge in [-0.3, -0.25) is 19.3 Å². The van der Waals surface area contributed by atoms with E-state index in [9.17, 15) is 14.4 Å². The molecule has 2 aromatic carbocycles. The maximum absolute atomic E-state index is 12.9. The third kappa shape index (κ3) is 3.55. The molecule has 0 aromatic heterocycles. The van der Waals surface area contributed by atoms with Gasteiger partial charge in [0.2, 0.25) is 5.91 Å². The number of benzene rings is 2. The Morgan fingerprint density at radius 1 is 1.04 bits per heavy atom. The zero-order valence-corrected chi connectivity index (χ0v) is 16.0. The summed E-state index contributed by atoms with van der Waals surface area (Å²) in [6, 6.07) is 13.0. The standard InChI is InChI=1S/C20H19BrN2O3/c1-2-3-8-17(18(24)22-14-11-9-13(21)10-12-14)23-19(25)15-6-4-5-7-16(15)20(23)26/h4-7,9-12,17H,2-3,8H2,1H3,(H,22,24)/t17-/m0/s1. The highest BCUT2D eigenvalue weighted by Crippen LogP contribution is 2.27. The Morgan fingerprint density at radius 3 is 2.15 bits per heavy atom. The van der Waals surface area contributed by atoms with Gasteiger partial charge in [-0.2, -0.15) is 0 Å². The monoisotopic (exact) mass is 414 g/mol. The number of unbranched alkanes of at least 4 members (excludes halogenated alkanes) is 1. The van der Waals surface area contributed by atoms with Crippen LogP contribution in [0.1, 0.15) is 46.9 Å². The molecule has 1 aliphatic rings. The normalized spacial score (nSPS) is 14.3. The Labute approximate surface area is 160 Å². The Balaban J connectivity index is 1.86. The van der Waals surface area contributed by atoms with E-state index in [1.165, 1.54) is 0 Å². The fraction of sp³-hybridized carbons (Fsp3) is 0.250. The molecule has 0 unspecified atom stereocenters. The summed E-state index contributed by atoms with van der Waals surface area (Å²) >= 11 is 3.35. The summed E-state index contributed by atoms with van der Waals surface area (Å²) < 4.78 is 0.901. The minimum absolute atomic E-state index is 0.352. The quantitative estimate of drug-likeness (QED) is 0.718. The van der Waals surface area contributed by atoms with Crippen LogP contribution in [0.5, 0.6) is 0 Å². The second-order valence-electron chi connectivity index (χ2n) is 6.18. The first-order valence-corrected chi connectivity index (χ1v) is 9.35. The highest BCUT2D eigenvalue weighted by Gasteiger charge is 2.42. The Bertz CT molecular complexity index is 813. The van der Waals surface area contributed by atoms with Crippen LogP contribution in [0.3, 0.4) is 0 Å². The van der Waals surface area contributed by atoms with Crippen molar-refractivity contribution in [2.45, 2.75) is 32.2 Å². The van der Waals surface area contributed by atoms with Crippen molar-refractivity contribution in [1.82, 2.24) is 4.90 Å². The first-order chi connectivity index (χ1) is 12.5. The van der Waals surface area contributed by atoms with Gasteiger partial charge in [-0.25, -0.2) is 0 Å². The van der Waals surface area contributed by atoms with E-state index in [4.69, 9.17) is 0 Å². The number of imide groups is 1. The van der Waals surface area contributed by atoms with Crippen molar-refractivity contribution in [1.29, 1.82) is 0 Å². The maximum atomic E-state index is 12.9. The fourth-order valence-electron chi connectivity index (χ4n) is 3.02. The molecule has 26 heavy (non-hydrogen) atoms. The van der Waals surface area contributed by atoms with E-state index in [0.717, 1.165) is 22.2 Å². The van der Waals surface area contributed by atoms with Crippen LogP contribution in [0.25, 0.3) is 0 Å². The molecule has 2 aromatic rings. The molecule has 0 spiro atoms. The lowest BCUT2D eigenvalue weighted by atomic mass is 10.1. The lowest BCUT2D eigenvalue weighted by Crippen LogP contribution is -2.47. The van der Waals surface area contributed by atoms with Crippen LogP contribution in [0.4, 0.5) is 5.69 Å². The van der Waals surface area contributed by atoms with Crippen molar-refractivity contribution in [2.24, 2.45) is 0 Å². The smallest absolute Gasteiger partial charge is 0.262 e. The number of fused-ring (bicyclic) bond motifs is 1. The molecule has 3 rings (SSSR count). The van der Waals surface area contributed by atoms with Crippen LogP contribution in [0.15, 0.2) is 53.0 Å². The second kappa shape index (κ2) is 7.83. The third-order valence-electron chi connectivity index (χ3n) is 4.38. The number of rotatable bonds is 6. The van der Waals surface area contributed by atoms with E-state index in [0.29, 0.717) is 23.2 Å². The van der Waals surface area contributed by atoms with Crippen molar-refractivity contribution in [2.75, 3.05) is 5.32 Å². The third-order valence-corrected chi connectivity index (χ3v) is 4.91. The number of carbonyl (C=O) groups excluding carboxylic acids is 3. The average molecular weight is 415 g/mol. The highest BCUT2D eigenvalue weighted by atomic mass is 79.9. The van der Waals surface area contributed by atoms with Crippen molar-refractivity contribution < 1.29 is 14.4 Å². The van der Waals surface area contributed by atoms with Gasteiger partial charge in [-0.05, 0) is 42.8 Å². The number of carbonyl (C=O) groups is 3. The van der Waals surface area contributed by atoms with E-state index in [1.807, 2.05) is 19.1 Å². The summed E-state index contributed by atoms with van der Waals surface area (Å²) in [6.45, 7) is 2.01. The van der Waals surface area contributed by atoms with Crippen molar-refractivity contribution in [3.63, 3.8) is 0 Å². The molecule has 0 radical (unpaired) electrons. The Hall–Kier alpha value is -2.47. The number of hydrogen-bond acceptors (Lipinski definition) is 3. The fourth-order valence-corrected chi connectivity index (χ4v) is 3.29.